The van der Waals surface area contributed by atoms with Crippen LogP contribution >= 0.6 is 0 Å². The highest BCUT2D eigenvalue weighted by Gasteiger charge is 2.35. The van der Waals surface area contributed by atoms with Crippen molar-refractivity contribution in [2.45, 2.75) is 12.6 Å². The number of nitrogens with zero attached hydrogens (tertiary/aromatic N) is 4. The van der Waals surface area contributed by atoms with Crippen molar-refractivity contribution in [3.63, 3.8) is 0 Å². The van der Waals surface area contributed by atoms with E-state index in [0.717, 1.165) is 25.4 Å². The van der Waals surface area contributed by atoms with E-state index in [9.17, 15) is 26.7 Å². The molecular formula is C22H16F5N7O2. The van der Waals surface area contributed by atoms with Gasteiger partial charge in [0.15, 0.2) is 0 Å². The fourth-order valence-electron chi connectivity index (χ4n) is 3.19. The summed E-state index contributed by atoms with van der Waals surface area (Å²) in [6, 6.07) is 2.35. The first-order valence-corrected chi connectivity index (χ1v) is 10.1. The topological polar surface area (TPSA) is 118 Å². The SMILES string of the molecule is COc1ncc(NC(=O)Cc2cc(F)c(-c3cnc(Nc4cn[nH]c4)nc3)cc2F)cc1C(F)(F)F. The Labute approximate surface area is 199 Å². The van der Waals surface area contributed by atoms with Gasteiger partial charge < -0.3 is 15.4 Å². The van der Waals surface area contributed by atoms with Gasteiger partial charge in [-0.25, -0.2) is 23.7 Å². The zero-order valence-electron chi connectivity index (χ0n) is 18.3. The molecule has 0 spiro atoms. The molecular weight excluding hydrogens is 489 g/mol. The van der Waals surface area contributed by atoms with Gasteiger partial charge in [-0.2, -0.15) is 18.3 Å². The molecule has 186 valence electrons. The van der Waals surface area contributed by atoms with E-state index in [4.69, 9.17) is 0 Å². The average molecular weight is 505 g/mol. The van der Waals surface area contributed by atoms with Crippen LogP contribution in [0.1, 0.15) is 11.1 Å². The molecule has 4 rings (SSSR count). The van der Waals surface area contributed by atoms with Crippen LogP contribution in [0.2, 0.25) is 0 Å². The Bertz CT molecular complexity index is 1380. The molecule has 0 bridgehead atoms. The second kappa shape index (κ2) is 9.93. The minimum atomic E-state index is -4.78. The normalized spacial score (nSPS) is 11.3. The fraction of sp³-hybridized carbons (Fsp3) is 0.136. The molecule has 0 unspecified atom stereocenters. The van der Waals surface area contributed by atoms with E-state index in [2.05, 4.69) is 40.5 Å². The Hall–Kier alpha value is -4.62. The van der Waals surface area contributed by atoms with Crippen LogP contribution in [0.25, 0.3) is 11.1 Å². The standard InChI is InChI=1S/C22H16F5N7O2/c1-36-20-16(22(25,26)27)4-13(8-28-20)33-19(35)3-11-2-18(24)15(5-17(11)23)12-6-29-21(30-7-12)34-14-9-31-32-10-14/h2,4-10H,3H2,1H3,(H,31,32)(H,33,35)(H,29,30,34). The summed E-state index contributed by atoms with van der Waals surface area (Å²) in [5.74, 6) is -3.08. The minimum absolute atomic E-state index is 0.138. The lowest BCUT2D eigenvalue weighted by Crippen LogP contribution is -2.17. The Balaban J connectivity index is 1.48. The van der Waals surface area contributed by atoms with Gasteiger partial charge in [0.1, 0.15) is 17.2 Å². The molecule has 0 aliphatic heterocycles. The van der Waals surface area contributed by atoms with Crippen LogP contribution in [0.3, 0.4) is 0 Å². The van der Waals surface area contributed by atoms with Crippen LogP contribution < -0.4 is 15.4 Å². The minimum Gasteiger partial charge on any atom is -0.481 e. The summed E-state index contributed by atoms with van der Waals surface area (Å²) in [6.45, 7) is 0. The lowest BCUT2D eigenvalue weighted by atomic mass is 10.0. The van der Waals surface area contributed by atoms with E-state index >= 15 is 0 Å². The van der Waals surface area contributed by atoms with Crippen molar-refractivity contribution in [1.29, 1.82) is 0 Å². The number of amides is 1. The monoisotopic (exact) mass is 505 g/mol. The molecule has 3 N–H and O–H groups in total. The van der Waals surface area contributed by atoms with Crippen LogP contribution in [0.4, 0.5) is 39.3 Å². The van der Waals surface area contributed by atoms with E-state index in [0.29, 0.717) is 11.8 Å². The van der Waals surface area contributed by atoms with Crippen LogP contribution in [0.5, 0.6) is 5.88 Å². The Morgan fingerprint density at radius 2 is 1.75 bits per heavy atom. The number of anilines is 3. The van der Waals surface area contributed by atoms with Crippen molar-refractivity contribution in [2.24, 2.45) is 0 Å². The summed E-state index contributed by atoms with van der Waals surface area (Å²) in [6.07, 6.45) is 1.19. The number of rotatable bonds is 7. The molecule has 0 atom stereocenters. The molecule has 14 heteroatoms. The number of hydrogen-bond acceptors (Lipinski definition) is 7. The van der Waals surface area contributed by atoms with Crippen molar-refractivity contribution in [3.05, 3.63) is 71.9 Å². The fourth-order valence-corrected chi connectivity index (χ4v) is 3.19. The number of ether oxygens (including phenoxy) is 1. The first-order chi connectivity index (χ1) is 17.1. The predicted molar refractivity (Wildman–Crippen MR) is 117 cm³/mol. The summed E-state index contributed by atoms with van der Waals surface area (Å²) in [5, 5.41) is 11.4. The number of pyridine rings is 1. The molecule has 0 saturated carbocycles. The maximum absolute atomic E-state index is 14.7. The van der Waals surface area contributed by atoms with Gasteiger partial charge in [0.05, 0.1) is 37.3 Å². The summed E-state index contributed by atoms with van der Waals surface area (Å²) >= 11 is 0. The quantitative estimate of drug-likeness (QED) is 0.317. The average Bonchev–Trinajstić information content (AvgIpc) is 3.34. The number of benzene rings is 1. The van der Waals surface area contributed by atoms with E-state index in [-0.39, 0.29) is 28.3 Å². The number of aromatic amines is 1. The number of aromatic nitrogens is 5. The molecule has 9 nitrogen and oxygen atoms in total. The van der Waals surface area contributed by atoms with Gasteiger partial charge in [-0.05, 0) is 18.2 Å². The first kappa shape index (κ1) is 24.5. The molecule has 3 aromatic heterocycles. The van der Waals surface area contributed by atoms with E-state index in [1.807, 2.05) is 0 Å². The number of carbonyl (C=O) groups excluding carboxylic acids is 1. The number of halogens is 5. The Morgan fingerprint density at radius 1 is 1.00 bits per heavy atom. The largest absolute Gasteiger partial charge is 0.481 e. The predicted octanol–water partition coefficient (Wildman–Crippen LogP) is 4.49. The highest BCUT2D eigenvalue weighted by atomic mass is 19.4. The van der Waals surface area contributed by atoms with Crippen molar-refractivity contribution in [1.82, 2.24) is 25.1 Å². The zero-order chi connectivity index (χ0) is 25.9. The Kier molecular flexibility index (Phi) is 6.76. The molecule has 0 aliphatic rings. The van der Waals surface area contributed by atoms with Crippen molar-refractivity contribution in [3.8, 4) is 17.0 Å². The van der Waals surface area contributed by atoms with Crippen molar-refractivity contribution in [2.75, 3.05) is 17.7 Å². The molecule has 36 heavy (non-hydrogen) atoms. The smallest absolute Gasteiger partial charge is 0.421 e. The van der Waals surface area contributed by atoms with E-state index < -0.39 is 41.6 Å². The highest BCUT2D eigenvalue weighted by molar-refractivity contribution is 5.92. The third-order valence-electron chi connectivity index (χ3n) is 4.84. The lowest BCUT2D eigenvalue weighted by Gasteiger charge is -2.13. The lowest BCUT2D eigenvalue weighted by molar-refractivity contribution is -0.139. The zero-order valence-corrected chi connectivity index (χ0v) is 18.3. The molecule has 0 radical (unpaired) electrons. The molecule has 3 heterocycles. The van der Waals surface area contributed by atoms with Crippen LogP contribution in [-0.2, 0) is 17.4 Å². The van der Waals surface area contributed by atoms with E-state index in [1.54, 1.807) is 6.20 Å². The Morgan fingerprint density at radius 3 is 2.39 bits per heavy atom. The molecule has 4 aromatic rings. The number of methoxy groups -OCH3 is 1. The summed E-state index contributed by atoms with van der Waals surface area (Å²) in [4.78, 5) is 23.9. The maximum atomic E-state index is 14.7. The van der Waals surface area contributed by atoms with Crippen LogP contribution in [-0.4, -0.2) is 38.2 Å². The van der Waals surface area contributed by atoms with Gasteiger partial charge in [-0.1, -0.05) is 0 Å². The second-order valence-electron chi connectivity index (χ2n) is 7.33. The van der Waals surface area contributed by atoms with Gasteiger partial charge in [0.25, 0.3) is 0 Å². The second-order valence-corrected chi connectivity index (χ2v) is 7.33. The number of alkyl halides is 3. The maximum Gasteiger partial charge on any atom is 0.421 e. The number of nitrogens with one attached hydrogen (secondary N) is 3. The van der Waals surface area contributed by atoms with Gasteiger partial charge in [-0.3, -0.25) is 9.89 Å². The highest BCUT2D eigenvalue weighted by Crippen LogP contribution is 2.36. The molecule has 0 fully saturated rings. The summed E-state index contributed by atoms with van der Waals surface area (Å²) in [7, 11) is 1.02. The summed E-state index contributed by atoms with van der Waals surface area (Å²) in [5.41, 5.74) is -1.14. The number of carbonyl (C=O) groups is 1. The van der Waals surface area contributed by atoms with Gasteiger partial charge in [0.2, 0.25) is 17.7 Å². The van der Waals surface area contributed by atoms with E-state index in [1.165, 1.54) is 18.6 Å². The first-order valence-electron chi connectivity index (χ1n) is 10.1. The molecule has 1 amide bonds. The van der Waals surface area contributed by atoms with Crippen LogP contribution in [0.15, 0.2) is 49.2 Å². The molecule has 0 saturated heterocycles. The van der Waals surface area contributed by atoms with Gasteiger partial charge in [0, 0.05) is 35.3 Å². The number of H-pyrrole nitrogens is 1. The number of hydrogen-bond donors (Lipinski definition) is 3. The van der Waals surface area contributed by atoms with Crippen molar-refractivity contribution >= 4 is 23.2 Å². The van der Waals surface area contributed by atoms with Gasteiger partial charge in [-0.15, -0.1) is 0 Å². The third-order valence-corrected chi connectivity index (χ3v) is 4.84. The molecule has 0 aliphatic carbocycles. The summed E-state index contributed by atoms with van der Waals surface area (Å²) < 4.78 is 73.4. The third kappa shape index (κ3) is 5.54. The van der Waals surface area contributed by atoms with Gasteiger partial charge >= 0.3 is 6.18 Å². The van der Waals surface area contributed by atoms with Crippen LogP contribution in [0, 0.1) is 11.6 Å². The van der Waals surface area contributed by atoms with Crippen molar-refractivity contribution < 1.29 is 31.5 Å². The molecule has 1 aromatic carbocycles.